The lowest BCUT2D eigenvalue weighted by molar-refractivity contribution is 0.223. The molecule has 0 fully saturated rings. The van der Waals surface area contributed by atoms with E-state index in [-0.39, 0.29) is 24.2 Å². The van der Waals surface area contributed by atoms with Gasteiger partial charge in [-0.15, -0.1) is 0 Å². The molecule has 94 valence electrons. The zero-order valence-electron chi connectivity index (χ0n) is 10.2. The number of hydrogen-bond donors (Lipinski definition) is 3. The number of rotatable bonds is 4. The molecule has 0 aliphatic heterocycles. The molecular formula is C13H20N2O2. The number of H-pyrrole nitrogens is 1. The van der Waals surface area contributed by atoms with Gasteiger partial charge in [-0.25, -0.2) is 0 Å². The SMILES string of the molecule is CC[C@@H](CO)NC1CCCc2[nH]c(=O)ccc21. The van der Waals surface area contributed by atoms with E-state index in [4.69, 9.17) is 0 Å². The molecule has 1 aromatic heterocycles. The molecule has 4 heteroatoms. The van der Waals surface area contributed by atoms with Crippen LogP contribution >= 0.6 is 0 Å². The highest BCUT2D eigenvalue weighted by molar-refractivity contribution is 5.26. The minimum atomic E-state index is -0.0291. The summed E-state index contributed by atoms with van der Waals surface area (Å²) in [6.07, 6.45) is 3.99. The lowest BCUT2D eigenvalue weighted by Crippen LogP contribution is -2.37. The molecule has 1 aliphatic rings. The zero-order chi connectivity index (χ0) is 12.3. The normalized spacial score (nSPS) is 20.9. The molecule has 2 rings (SSSR count). The predicted octanol–water partition coefficient (Wildman–Crippen LogP) is 1.11. The molecule has 0 saturated heterocycles. The number of aliphatic hydroxyl groups excluding tert-OH is 1. The van der Waals surface area contributed by atoms with Crippen molar-refractivity contribution in [2.24, 2.45) is 0 Å². The van der Waals surface area contributed by atoms with Crippen LogP contribution in [0.2, 0.25) is 0 Å². The summed E-state index contributed by atoms with van der Waals surface area (Å²) < 4.78 is 0. The van der Waals surface area contributed by atoms with Crippen LogP contribution < -0.4 is 10.9 Å². The fourth-order valence-electron chi connectivity index (χ4n) is 2.46. The topological polar surface area (TPSA) is 65.1 Å². The highest BCUT2D eigenvalue weighted by Crippen LogP contribution is 2.27. The number of pyridine rings is 1. The summed E-state index contributed by atoms with van der Waals surface area (Å²) in [7, 11) is 0. The van der Waals surface area contributed by atoms with Crippen LogP contribution in [0.25, 0.3) is 0 Å². The average molecular weight is 236 g/mol. The molecule has 1 aromatic rings. The maximum Gasteiger partial charge on any atom is 0.248 e. The van der Waals surface area contributed by atoms with Crippen molar-refractivity contribution in [3.05, 3.63) is 33.7 Å². The molecule has 0 aromatic carbocycles. The molecule has 2 atom stereocenters. The molecule has 1 unspecified atom stereocenters. The summed E-state index contributed by atoms with van der Waals surface area (Å²) in [4.78, 5) is 14.2. The van der Waals surface area contributed by atoms with Crippen LogP contribution in [-0.4, -0.2) is 22.7 Å². The van der Waals surface area contributed by atoms with Gasteiger partial charge in [-0.2, -0.15) is 0 Å². The first kappa shape index (κ1) is 12.3. The number of aromatic nitrogens is 1. The van der Waals surface area contributed by atoms with Crippen molar-refractivity contribution < 1.29 is 5.11 Å². The van der Waals surface area contributed by atoms with Crippen LogP contribution in [-0.2, 0) is 6.42 Å². The summed E-state index contributed by atoms with van der Waals surface area (Å²) in [5.41, 5.74) is 2.20. The van der Waals surface area contributed by atoms with Gasteiger partial charge < -0.3 is 15.4 Å². The van der Waals surface area contributed by atoms with Gasteiger partial charge in [0, 0.05) is 23.8 Å². The number of aliphatic hydroxyl groups is 1. The minimum absolute atomic E-state index is 0.0291. The molecule has 0 bridgehead atoms. The van der Waals surface area contributed by atoms with Gasteiger partial charge in [0.05, 0.1) is 6.61 Å². The van der Waals surface area contributed by atoms with Gasteiger partial charge in [0.1, 0.15) is 0 Å². The van der Waals surface area contributed by atoms with E-state index in [2.05, 4.69) is 17.2 Å². The Morgan fingerprint density at radius 2 is 2.41 bits per heavy atom. The number of aryl methyl sites for hydroxylation is 1. The largest absolute Gasteiger partial charge is 0.395 e. The van der Waals surface area contributed by atoms with Crippen molar-refractivity contribution in [2.75, 3.05) is 6.61 Å². The number of fused-ring (bicyclic) bond motifs is 1. The van der Waals surface area contributed by atoms with Gasteiger partial charge in [-0.05, 0) is 31.2 Å². The second kappa shape index (κ2) is 5.47. The van der Waals surface area contributed by atoms with Crippen LogP contribution in [0.1, 0.15) is 43.5 Å². The highest BCUT2D eigenvalue weighted by Gasteiger charge is 2.22. The molecule has 0 amide bonds. The first-order valence-corrected chi connectivity index (χ1v) is 6.33. The Balaban J connectivity index is 2.19. The van der Waals surface area contributed by atoms with Crippen LogP contribution in [0.3, 0.4) is 0 Å². The lowest BCUT2D eigenvalue weighted by atomic mass is 9.90. The monoisotopic (exact) mass is 236 g/mol. The van der Waals surface area contributed by atoms with Crippen molar-refractivity contribution in [1.29, 1.82) is 0 Å². The lowest BCUT2D eigenvalue weighted by Gasteiger charge is -2.29. The Labute approximate surface area is 101 Å². The van der Waals surface area contributed by atoms with Gasteiger partial charge >= 0.3 is 0 Å². The average Bonchev–Trinajstić information content (AvgIpc) is 2.35. The van der Waals surface area contributed by atoms with E-state index in [1.54, 1.807) is 6.07 Å². The Kier molecular flexibility index (Phi) is 3.97. The van der Waals surface area contributed by atoms with Gasteiger partial charge in [-0.1, -0.05) is 13.0 Å². The fraction of sp³-hybridized carbons (Fsp3) is 0.615. The van der Waals surface area contributed by atoms with E-state index in [0.29, 0.717) is 0 Å². The van der Waals surface area contributed by atoms with Gasteiger partial charge in [0.15, 0.2) is 0 Å². The zero-order valence-corrected chi connectivity index (χ0v) is 10.2. The third kappa shape index (κ3) is 2.76. The molecule has 1 heterocycles. The van der Waals surface area contributed by atoms with Gasteiger partial charge in [-0.3, -0.25) is 4.79 Å². The second-order valence-corrected chi connectivity index (χ2v) is 4.66. The molecule has 0 radical (unpaired) electrons. The maximum absolute atomic E-state index is 11.3. The summed E-state index contributed by atoms with van der Waals surface area (Å²) in [6.45, 7) is 2.22. The van der Waals surface area contributed by atoms with E-state index in [9.17, 15) is 9.90 Å². The van der Waals surface area contributed by atoms with E-state index in [1.165, 1.54) is 5.56 Å². The fourth-order valence-corrected chi connectivity index (χ4v) is 2.46. The first-order valence-electron chi connectivity index (χ1n) is 6.33. The Bertz CT molecular complexity index is 424. The second-order valence-electron chi connectivity index (χ2n) is 4.66. The van der Waals surface area contributed by atoms with Gasteiger partial charge in [0.2, 0.25) is 5.56 Å². The molecular weight excluding hydrogens is 216 g/mol. The van der Waals surface area contributed by atoms with E-state index in [1.807, 2.05) is 6.07 Å². The summed E-state index contributed by atoms with van der Waals surface area (Å²) in [5, 5.41) is 12.7. The number of aromatic amines is 1. The summed E-state index contributed by atoms with van der Waals surface area (Å²) >= 11 is 0. The molecule has 1 aliphatic carbocycles. The third-order valence-electron chi connectivity index (χ3n) is 3.48. The number of hydrogen-bond acceptors (Lipinski definition) is 3. The standard InChI is InChI=1S/C13H20N2O2/c1-2-9(8-16)14-11-4-3-5-12-10(11)6-7-13(17)15-12/h6-7,9,11,14,16H,2-5,8H2,1H3,(H,15,17)/t9-,11?/m0/s1. The molecule has 0 spiro atoms. The Morgan fingerprint density at radius 1 is 1.59 bits per heavy atom. The Hall–Kier alpha value is -1.13. The smallest absolute Gasteiger partial charge is 0.248 e. The van der Waals surface area contributed by atoms with E-state index < -0.39 is 0 Å². The van der Waals surface area contributed by atoms with Crippen molar-refractivity contribution in [1.82, 2.24) is 10.3 Å². The van der Waals surface area contributed by atoms with E-state index >= 15 is 0 Å². The molecule has 4 nitrogen and oxygen atoms in total. The molecule has 17 heavy (non-hydrogen) atoms. The van der Waals surface area contributed by atoms with Crippen molar-refractivity contribution >= 4 is 0 Å². The first-order chi connectivity index (χ1) is 8.24. The summed E-state index contributed by atoms with van der Waals surface area (Å²) in [5.74, 6) is 0. The van der Waals surface area contributed by atoms with Crippen molar-refractivity contribution in [3.63, 3.8) is 0 Å². The Morgan fingerprint density at radius 3 is 3.12 bits per heavy atom. The van der Waals surface area contributed by atoms with Crippen LogP contribution in [0.4, 0.5) is 0 Å². The van der Waals surface area contributed by atoms with Gasteiger partial charge in [0.25, 0.3) is 0 Å². The van der Waals surface area contributed by atoms with Crippen LogP contribution in [0.15, 0.2) is 16.9 Å². The minimum Gasteiger partial charge on any atom is -0.395 e. The third-order valence-corrected chi connectivity index (χ3v) is 3.48. The van der Waals surface area contributed by atoms with Crippen molar-refractivity contribution in [3.8, 4) is 0 Å². The predicted molar refractivity (Wildman–Crippen MR) is 67.0 cm³/mol. The molecule has 0 saturated carbocycles. The van der Waals surface area contributed by atoms with Crippen LogP contribution in [0, 0.1) is 0 Å². The number of nitrogens with one attached hydrogen (secondary N) is 2. The molecule has 3 N–H and O–H groups in total. The van der Waals surface area contributed by atoms with E-state index in [0.717, 1.165) is 31.4 Å². The summed E-state index contributed by atoms with van der Waals surface area (Å²) in [6, 6.07) is 3.89. The maximum atomic E-state index is 11.3. The quantitative estimate of drug-likeness (QED) is 0.734. The van der Waals surface area contributed by atoms with Crippen molar-refractivity contribution in [2.45, 2.75) is 44.7 Å². The highest BCUT2D eigenvalue weighted by atomic mass is 16.3. The van der Waals surface area contributed by atoms with Crippen LogP contribution in [0.5, 0.6) is 0 Å².